The Kier molecular flexibility index (Phi) is 3.51. The highest BCUT2D eigenvalue weighted by atomic mass is 32.2. The molecule has 2 saturated heterocycles. The van der Waals surface area contributed by atoms with E-state index in [1.165, 1.54) is 4.31 Å². The lowest BCUT2D eigenvalue weighted by Gasteiger charge is -2.36. The number of halogens is 2. The number of rotatable bonds is 2. The molecule has 0 aromatic heterocycles. The molecule has 1 aromatic rings. The molecule has 0 N–H and O–H groups in total. The van der Waals surface area contributed by atoms with E-state index in [0.717, 1.165) is 37.6 Å². The summed E-state index contributed by atoms with van der Waals surface area (Å²) < 4.78 is 53.1. The predicted molar refractivity (Wildman–Crippen MR) is 69.7 cm³/mol. The van der Waals surface area contributed by atoms with E-state index in [2.05, 4.69) is 4.90 Å². The molecule has 4 nitrogen and oxygen atoms in total. The lowest BCUT2D eigenvalue weighted by Crippen LogP contribution is -2.52. The number of fused-ring (bicyclic) bond motifs is 1. The minimum Gasteiger partial charge on any atom is -0.298 e. The van der Waals surface area contributed by atoms with Crippen LogP contribution in [-0.2, 0) is 10.0 Å². The van der Waals surface area contributed by atoms with Crippen LogP contribution in [0.25, 0.3) is 0 Å². The molecule has 0 saturated carbocycles. The summed E-state index contributed by atoms with van der Waals surface area (Å²) in [4.78, 5) is 1.69. The summed E-state index contributed by atoms with van der Waals surface area (Å²) in [7, 11) is -3.96. The summed E-state index contributed by atoms with van der Waals surface area (Å²) in [6, 6.07) is 2.73. The molecule has 0 bridgehead atoms. The maximum absolute atomic E-state index is 13.7. The molecule has 2 aliphatic rings. The Labute approximate surface area is 117 Å². The monoisotopic (exact) mass is 302 g/mol. The summed E-state index contributed by atoms with van der Waals surface area (Å²) in [5, 5.41) is 0. The molecular formula is C13H16F2N2O2S. The van der Waals surface area contributed by atoms with Crippen molar-refractivity contribution in [2.24, 2.45) is 0 Å². The van der Waals surface area contributed by atoms with Gasteiger partial charge in [-0.2, -0.15) is 4.31 Å². The molecule has 2 fully saturated rings. The molecule has 0 spiro atoms. The minimum atomic E-state index is -3.96. The average Bonchev–Trinajstić information content (AvgIpc) is 2.88. The quantitative estimate of drug-likeness (QED) is 0.830. The largest absolute Gasteiger partial charge is 0.298 e. The van der Waals surface area contributed by atoms with E-state index >= 15 is 0 Å². The number of hydrogen-bond acceptors (Lipinski definition) is 3. The Morgan fingerprint density at radius 2 is 1.95 bits per heavy atom. The Bertz CT molecular complexity index is 621. The van der Waals surface area contributed by atoms with Crippen molar-refractivity contribution in [1.29, 1.82) is 0 Å². The molecule has 3 rings (SSSR count). The van der Waals surface area contributed by atoms with Gasteiger partial charge in [-0.3, -0.25) is 4.90 Å². The van der Waals surface area contributed by atoms with Crippen LogP contribution in [0.15, 0.2) is 23.1 Å². The van der Waals surface area contributed by atoms with Crippen LogP contribution < -0.4 is 0 Å². The summed E-state index contributed by atoms with van der Waals surface area (Å²) in [6.45, 7) is 2.33. The highest BCUT2D eigenvalue weighted by molar-refractivity contribution is 7.89. The molecule has 2 aliphatic heterocycles. The van der Waals surface area contributed by atoms with Crippen molar-refractivity contribution in [1.82, 2.24) is 9.21 Å². The molecule has 0 unspecified atom stereocenters. The lowest BCUT2D eigenvalue weighted by molar-refractivity contribution is 0.158. The summed E-state index contributed by atoms with van der Waals surface area (Å²) in [5.74, 6) is -1.65. The van der Waals surface area contributed by atoms with Gasteiger partial charge in [-0.15, -0.1) is 0 Å². The fourth-order valence-electron chi connectivity index (χ4n) is 2.99. The van der Waals surface area contributed by atoms with Gasteiger partial charge in [-0.1, -0.05) is 0 Å². The molecule has 1 aromatic carbocycles. The van der Waals surface area contributed by atoms with Crippen molar-refractivity contribution in [2.75, 3.05) is 26.2 Å². The zero-order valence-corrected chi connectivity index (χ0v) is 11.7. The van der Waals surface area contributed by atoms with E-state index in [0.29, 0.717) is 19.6 Å². The smallest absolute Gasteiger partial charge is 0.246 e. The van der Waals surface area contributed by atoms with Crippen LogP contribution in [0.4, 0.5) is 8.78 Å². The molecule has 0 amide bonds. The van der Waals surface area contributed by atoms with Crippen molar-refractivity contribution in [3.05, 3.63) is 29.8 Å². The summed E-state index contributed by atoms with van der Waals surface area (Å²) in [6.07, 6.45) is 2.02. The predicted octanol–water partition coefficient (Wildman–Crippen LogP) is 1.43. The third kappa shape index (κ3) is 2.34. The molecule has 7 heteroatoms. The molecule has 20 heavy (non-hydrogen) atoms. The van der Waals surface area contributed by atoms with Crippen LogP contribution in [0.5, 0.6) is 0 Å². The first-order chi connectivity index (χ1) is 9.48. The lowest BCUT2D eigenvalue weighted by atomic mass is 10.2. The highest BCUT2D eigenvalue weighted by Crippen LogP contribution is 2.27. The van der Waals surface area contributed by atoms with E-state index in [4.69, 9.17) is 0 Å². The van der Waals surface area contributed by atoms with Crippen molar-refractivity contribution in [3.8, 4) is 0 Å². The zero-order valence-electron chi connectivity index (χ0n) is 10.9. The average molecular weight is 302 g/mol. The van der Waals surface area contributed by atoms with Gasteiger partial charge >= 0.3 is 0 Å². The van der Waals surface area contributed by atoms with Crippen LogP contribution in [0.2, 0.25) is 0 Å². The Morgan fingerprint density at radius 3 is 2.75 bits per heavy atom. The van der Waals surface area contributed by atoms with Crippen molar-refractivity contribution in [2.45, 2.75) is 23.8 Å². The number of piperazine rings is 1. The van der Waals surface area contributed by atoms with E-state index in [1.54, 1.807) is 0 Å². The van der Waals surface area contributed by atoms with Gasteiger partial charge in [0.1, 0.15) is 16.5 Å². The van der Waals surface area contributed by atoms with Crippen molar-refractivity contribution in [3.63, 3.8) is 0 Å². The van der Waals surface area contributed by atoms with Crippen LogP contribution in [0, 0.1) is 11.6 Å². The topological polar surface area (TPSA) is 40.6 Å². The second-order valence-electron chi connectivity index (χ2n) is 5.27. The molecule has 0 radical (unpaired) electrons. The zero-order chi connectivity index (χ0) is 14.3. The van der Waals surface area contributed by atoms with Gasteiger partial charge in [0.2, 0.25) is 10.0 Å². The van der Waals surface area contributed by atoms with E-state index in [-0.39, 0.29) is 6.04 Å². The third-order valence-corrected chi connectivity index (χ3v) is 5.94. The molecule has 2 heterocycles. The van der Waals surface area contributed by atoms with Gasteiger partial charge in [-0.25, -0.2) is 17.2 Å². The summed E-state index contributed by atoms with van der Waals surface area (Å²) >= 11 is 0. The Balaban J connectivity index is 1.90. The molecule has 110 valence electrons. The first-order valence-electron chi connectivity index (χ1n) is 6.68. The first kappa shape index (κ1) is 13.9. The fraction of sp³-hybridized carbons (Fsp3) is 0.538. The maximum Gasteiger partial charge on any atom is 0.246 e. The van der Waals surface area contributed by atoms with Crippen molar-refractivity contribution >= 4 is 10.0 Å². The van der Waals surface area contributed by atoms with Gasteiger partial charge in [0.15, 0.2) is 0 Å². The van der Waals surface area contributed by atoms with E-state index < -0.39 is 26.6 Å². The van der Waals surface area contributed by atoms with Gasteiger partial charge in [0.25, 0.3) is 0 Å². The van der Waals surface area contributed by atoms with Crippen LogP contribution >= 0.6 is 0 Å². The Morgan fingerprint density at radius 1 is 1.15 bits per heavy atom. The second-order valence-corrected chi connectivity index (χ2v) is 7.18. The summed E-state index contributed by atoms with van der Waals surface area (Å²) in [5.41, 5.74) is 0. The van der Waals surface area contributed by atoms with Crippen LogP contribution in [0.3, 0.4) is 0 Å². The van der Waals surface area contributed by atoms with Crippen LogP contribution in [-0.4, -0.2) is 49.8 Å². The maximum atomic E-state index is 13.7. The van der Waals surface area contributed by atoms with Gasteiger partial charge < -0.3 is 0 Å². The molecule has 1 atom stereocenters. The Hall–Kier alpha value is -1.05. The van der Waals surface area contributed by atoms with E-state index in [9.17, 15) is 17.2 Å². The number of benzene rings is 1. The number of sulfonamides is 1. The van der Waals surface area contributed by atoms with Gasteiger partial charge in [0, 0.05) is 25.7 Å². The normalized spacial score (nSPS) is 24.8. The SMILES string of the molecule is O=S(=O)(c1cc(F)ccc1F)N1CCN2CCC[C@H]2C1. The molecule has 0 aliphatic carbocycles. The first-order valence-corrected chi connectivity index (χ1v) is 8.12. The van der Waals surface area contributed by atoms with Crippen LogP contribution in [0.1, 0.15) is 12.8 Å². The molecular weight excluding hydrogens is 286 g/mol. The minimum absolute atomic E-state index is 0.204. The van der Waals surface area contributed by atoms with E-state index in [1.807, 2.05) is 0 Å². The fourth-order valence-corrected chi connectivity index (χ4v) is 4.54. The van der Waals surface area contributed by atoms with Gasteiger partial charge in [0.05, 0.1) is 0 Å². The van der Waals surface area contributed by atoms with Gasteiger partial charge in [-0.05, 0) is 37.6 Å². The number of nitrogens with zero attached hydrogens (tertiary/aromatic N) is 2. The highest BCUT2D eigenvalue weighted by Gasteiger charge is 2.37. The standard InChI is InChI=1S/C13H16F2N2O2S/c14-10-3-4-12(15)13(8-10)20(18,19)17-7-6-16-5-1-2-11(16)9-17/h3-4,8,11H,1-2,5-7,9H2/t11-/m0/s1. The van der Waals surface area contributed by atoms with Crippen molar-refractivity contribution < 1.29 is 17.2 Å². The second kappa shape index (κ2) is 5.05. The third-order valence-electron chi connectivity index (χ3n) is 4.06. The number of hydrogen-bond donors (Lipinski definition) is 0.